The van der Waals surface area contributed by atoms with Crippen LogP contribution in [0.1, 0.15) is 17.0 Å². The van der Waals surface area contributed by atoms with Crippen LogP contribution in [0.4, 0.5) is 5.69 Å². The summed E-state index contributed by atoms with van der Waals surface area (Å²) < 4.78 is 4.96. The third-order valence-corrected chi connectivity index (χ3v) is 3.11. The van der Waals surface area contributed by atoms with Crippen LogP contribution < -0.4 is 10.6 Å². The second-order valence-electron chi connectivity index (χ2n) is 4.70. The van der Waals surface area contributed by atoms with Crippen molar-refractivity contribution in [3.05, 3.63) is 48.6 Å². The third-order valence-electron chi connectivity index (χ3n) is 3.11. The zero-order valence-electron chi connectivity index (χ0n) is 11.6. The van der Waals surface area contributed by atoms with Gasteiger partial charge in [0.2, 0.25) is 5.91 Å². The van der Waals surface area contributed by atoms with E-state index in [1.54, 1.807) is 24.4 Å². The van der Waals surface area contributed by atoms with Crippen LogP contribution >= 0.6 is 0 Å². The largest absolute Gasteiger partial charge is 0.459 e. The number of anilines is 1. The van der Waals surface area contributed by atoms with Gasteiger partial charge in [-0.1, -0.05) is 0 Å². The Kier molecular flexibility index (Phi) is 3.86. The first-order valence-electron chi connectivity index (χ1n) is 6.77. The molecule has 7 heteroatoms. The summed E-state index contributed by atoms with van der Waals surface area (Å²) in [6.45, 7) is 0.235. The van der Waals surface area contributed by atoms with Gasteiger partial charge in [-0.25, -0.2) is 0 Å². The quantitative estimate of drug-likeness (QED) is 0.670. The van der Waals surface area contributed by atoms with Crippen LogP contribution in [-0.2, 0) is 4.79 Å². The number of carbonyl (C=O) groups is 2. The van der Waals surface area contributed by atoms with Crippen molar-refractivity contribution in [3.63, 3.8) is 0 Å². The van der Waals surface area contributed by atoms with Gasteiger partial charge in [-0.3, -0.25) is 14.7 Å². The molecule has 0 unspecified atom stereocenters. The Morgan fingerprint density at radius 3 is 3.00 bits per heavy atom. The van der Waals surface area contributed by atoms with E-state index in [2.05, 4.69) is 20.8 Å². The molecule has 3 N–H and O–H groups in total. The fourth-order valence-electron chi connectivity index (χ4n) is 2.03. The number of hydrogen-bond acceptors (Lipinski definition) is 4. The molecule has 0 aliphatic rings. The highest BCUT2D eigenvalue weighted by Crippen LogP contribution is 2.16. The van der Waals surface area contributed by atoms with Crippen LogP contribution in [0, 0.1) is 0 Å². The predicted molar refractivity (Wildman–Crippen MR) is 80.4 cm³/mol. The zero-order valence-corrected chi connectivity index (χ0v) is 11.6. The van der Waals surface area contributed by atoms with Gasteiger partial charge >= 0.3 is 0 Å². The Labute approximate surface area is 125 Å². The monoisotopic (exact) mass is 298 g/mol. The van der Waals surface area contributed by atoms with E-state index in [1.807, 2.05) is 12.1 Å². The molecule has 0 aliphatic carbocycles. The Balaban J connectivity index is 1.49. The van der Waals surface area contributed by atoms with Crippen LogP contribution in [0.2, 0.25) is 0 Å². The molecule has 22 heavy (non-hydrogen) atoms. The van der Waals surface area contributed by atoms with Gasteiger partial charge < -0.3 is 15.1 Å². The Bertz CT molecular complexity index is 792. The number of hydrogen-bond donors (Lipinski definition) is 3. The van der Waals surface area contributed by atoms with Crippen LogP contribution in [0.5, 0.6) is 0 Å². The number of carbonyl (C=O) groups excluding carboxylic acids is 2. The molecule has 0 bridgehead atoms. The summed E-state index contributed by atoms with van der Waals surface area (Å²) in [6, 6.07) is 8.66. The van der Waals surface area contributed by atoms with E-state index in [4.69, 9.17) is 4.42 Å². The topological polar surface area (TPSA) is 100 Å². The van der Waals surface area contributed by atoms with Crippen LogP contribution in [0.15, 0.2) is 47.2 Å². The average molecular weight is 298 g/mol. The van der Waals surface area contributed by atoms with E-state index in [1.165, 1.54) is 6.26 Å². The molecule has 0 fully saturated rings. The summed E-state index contributed by atoms with van der Waals surface area (Å²) in [6.07, 6.45) is 3.29. The third kappa shape index (κ3) is 3.14. The minimum Gasteiger partial charge on any atom is -0.459 e. The number of aromatic amines is 1. The maximum atomic E-state index is 11.8. The van der Waals surface area contributed by atoms with E-state index in [-0.39, 0.29) is 30.5 Å². The normalized spacial score (nSPS) is 10.5. The van der Waals surface area contributed by atoms with Gasteiger partial charge in [-0.15, -0.1) is 0 Å². The summed E-state index contributed by atoms with van der Waals surface area (Å²) in [5.41, 5.74) is 1.60. The van der Waals surface area contributed by atoms with Crippen molar-refractivity contribution < 1.29 is 14.0 Å². The molecule has 0 spiro atoms. The van der Waals surface area contributed by atoms with Gasteiger partial charge in [0.25, 0.3) is 5.91 Å². The first-order valence-corrected chi connectivity index (χ1v) is 6.77. The van der Waals surface area contributed by atoms with Crippen molar-refractivity contribution in [2.75, 3.05) is 11.9 Å². The Morgan fingerprint density at radius 2 is 2.18 bits per heavy atom. The maximum absolute atomic E-state index is 11.8. The number of furan rings is 1. The molecule has 0 saturated heterocycles. The minimum atomic E-state index is -0.336. The molecule has 0 aliphatic heterocycles. The maximum Gasteiger partial charge on any atom is 0.286 e. The Hall–Kier alpha value is -3.09. The van der Waals surface area contributed by atoms with Crippen LogP contribution in [0.25, 0.3) is 10.9 Å². The molecule has 7 nitrogen and oxygen atoms in total. The summed E-state index contributed by atoms with van der Waals surface area (Å²) >= 11 is 0. The molecule has 0 saturated carbocycles. The molecule has 0 radical (unpaired) electrons. The first kappa shape index (κ1) is 13.9. The van der Waals surface area contributed by atoms with E-state index in [0.29, 0.717) is 5.69 Å². The van der Waals surface area contributed by atoms with Gasteiger partial charge in [-0.05, 0) is 30.3 Å². The first-order chi connectivity index (χ1) is 10.7. The molecule has 2 amide bonds. The second-order valence-corrected chi connectivity index (χ2v) is 4.70. The lowest BCUT2D eigenvalue weighted by Crippen LogP contribution is -2.27. The van der Waals surface area contributed by atoms with Crippen molar-refractivity contribution >= 4 is 28.4 Å². The van der Waals surface area contributed by atoms with E-state index in [9.17, 15) is 9.59 Å². The number of aromatic nitrogens is 2. The molecular weight excluding hydrogens is 284 g/mol. The van der Waals surface area contributed by atoms with Gasteiger partial charge in [-0.2, -0.15) is 5.10 Å². The summed E-state index contributed by atoms with van der Waals surface area (Å²) in [7, 11) is 0. The lowest BCUT2D eigenvalue weighted by Gasteiger charge is -2.06. The van der Waals surface area contributed by atoms with Gasteiger partial charge in [0.1, 0.15) is 0 Å². The number of nitrogens with zero attached hydrogens (tertiary/aromatic N) is 1. The molecule has 3 aromatic rings. The van der Waals surface area contributed by atoms with Crippen LogP contribution in [0.3, 0.4) is 0 Å². The van der Waals surface area contributed by atoms with Gasteiger partial charge in [0, 0.05) is 24.0 Å². The summed E-state index contributed by atoms with van der Waals surface area (Å²) in [5, 5.41) is 13.1. The molecule has 0 atom stereocenters. The molecular formula is C15H14N4O3. The smallest absolute Gasteiger partial charge is 0.286 e. The van der Waals surface area contributed by atoms with Gasteiger partial charge in [0.15, 0.2) is 5.76 Å². The molecule has 1 aromatic carbocycles. The molecule has 2 heterocycles. The molecule has 112 valence electrons. The minimum absolute atomic E-state index is 0.176. The van der Waals surface area contributed by atoms with Crippen molar-refractivity contribution in [2.45, 2.75) is 6.42 Å². The lowest BCUT2D eigenvalue weighted by molar-refractivity contribution is -0.116. The van der Waals surface area contributed by atoms with E-state index in [0.717, 1.165) is 10.9 Å². The van der Waals surface area contributed by atoms with E-state index < -0.39 is 0 Å². The van der Waals surface area contributed by atoms with E-state index >= 15 is 0 Å². The fourth-order valence-corrected chi connectivity index (χ4v) is 2.03. The number of fused-ring (bicyclic) bond motifs is 1. The second kappa shape index (κ2) is 6.13. The standard InChI is InChI=1S/C15H14N4O3/c20-14(5-6-16-15(21)13-2-1-7-22-13)18-11-3-4-12-10(8-11)9-17-19-12/h1-4,7-9H,5-6H2,(H,16,21)(H,17,19)(H,18,20). The highest BCUT2D eigenvalue weighted by Gasteiger charge is 2.09. The number of H-pyrrole nitrogens is 1. The predicted octanol–water partition coefficient (Wildman–Crippen LogP) is 1.91. The SMILES string of the molecule is O=C(CCNC(=O)c1ccco1)Nc1ccc2[nH]ncc2c1. The van der Waals surface area contributed by atoms with Crippen molar-refractivity contribution in [2.24, 2.45) is 0 Å². The number of nitrogens with one attached hydrogen (secondary N) is 3. The number of amides is 2. The molecule has 2 aromatic heterocycles. The van der Waals surface area contributed by atoms with Gasteiger partial charge in [0.05, 0.1) is 18.0 Å². The summed E-state index contributed by atoms with van der Waals surface area (Å²) in [5.74, 6) is -0.286. The molecule has 3 rings (SSSR count). The Morgan fingerprint density at radius 1 is 1.27 bits per heavy atom. The highest BCUT2D eigenvalue weighted by molar-refractivity contribution is 5.94. The fraction of sp³-hybridized carbons (Fsp3) is 0.133. The lowest BCUT2D eigenvalue weighted by atomic mass is 10.2. The highest BCUT2D eigenvalue weighted by atomic mass is 16.3. The number of rotatable bonds is 5. The zero-order chi connectivity index (χ0) is 15.4. The van der Waals surface area contributed by atoms with Crippen molar-refractivity contribution in [1.82, 2.24) is 15.5 Å². The summed E-state index contributed by atoms with van der Waals surface area (Å²) in [4.78, 5) is 23.5. The van der Waals surface area contributed by atoms with Crippen molar-refractivity contribution in [1.29, 1.82) is 0 Å². The average Bonchev–Trinajstić information content (AvgIpc) is 3.18. The van der Waals surface area contributed by atoms with Crippen LogP contribution in [-0.4, -0.2) is 28.6 Å². The number of benzene rings is 1. The van der Waals surface area contributed by atoms with Crippen molar-refractivity contribution in [3.8, 4) is 0 Å².